The number of thioether (sulfide) groups is 1. The van der Waals surface area contributed by atoms with Crippen molar-refractivity contribution in [1.82, 2.24) is 0 Å². The minimum absolute atomic E-state index is 0.0441. The van der Waals surface area contributed by atoms with Gasteiger partial charge in [-0.1, -0.05) is 12.1 Å². The van der Waals surface area contributed by atoms with Gasteiger partial charge in [-0.3, -0.25) is 4.79 Å². The Morgan fingerprint density at radius 2 is 2.18 bits per heavy atom. The number of hydrogen-bond acceptors (Lipinski definition) is 3. The summed E-state index contributed by atoms with van der Waals surface area (Å²) < 4.78 is 13.3. The predicted molar refractivity (Wildman–Crippen MR) is 70.5 cm³/mol. The number of rotatable bonds is 4. The summed E-state index contributed by atoms with van der Waals surface area (Å²) in [5, 5.41) is 1.85. The van der Waals surface area contributed by atoms with Crippen molar-refractivity contribution in [3.8, 4) is 0 Å². The maximum absolute atomic E-state index is 13.3. The van der Waals surface area contributed by atoms with Crippen molar-refractivity contribution >= 4 is 28.9 Å². The second-order valence-electron chi connectivity index (χ2n) is 3.59. The molecule has 4 heteroatoms. The summed E-state index contributed by atoms with van der Waals surface area (Å²) >= 11 is 2.79. The second kappa shape index (κ2) is 5.47. The van der Waals surface area contributed by atoms with Crippen molar-refractivity contribution in [3.05, 3.63) is 52.0 Å². The van der Waals surface area contributed by atoms with Crippen molar-refractivity contribution in [2.75, 3.05) is 5.75 Å². The van der Waals surface area contributed by atoms with Gasteiger partial charge in [-0.25, -0.2) is 4.39 Å². The number of carbonyl (C=O) groups excluding carboxylic acids is 1. The summed E-state index contributed by atoms with van der Waals surface area (Å²) in [4.78, 5) is 13.4. The second-order valence-corrected chi connectivity index (χ2v) is 5.72. The fourth-order valence-corrected chi connectivity index (χ4v) is 2.92. The Balaban J connectivity index is 1.99. The number of carbonyl (C=O) groups is 1. The van der Waals surface area contributed by atoms with Gasteiger partial charge in [0.25, 0.3) is 0 Å². The molecule has 0 saturated heterocycles. The molecule has 0 unspecified atom stereocenters. The molecule has 2 aromatic rings. The minimum atomic E-state index is -0.271. The Morgan fingerprint density at radius 3 is 2.82 bits per heavy atom. The highest BCUT2D eigenvalue weighted by molar-refractivity contribution is 8.00. The molecule has 0 saturated carbocycles. The van der Waals surface area contributed by atoms with E-state index in [2.05, 4.69) is 0 Å². The third-order valence-corrected chi connectivity index (χ3v) is 4.16. The number of aryl methyl sites for hydroxylation is 1. The number of halogens is 1. The number of hydrogen-bond donors (Lipinski definition) is 0. The molecule has 2 rings (SSSR count). The standard InChI is InChI=1S/C13H11FOS2/c1-9-6-10(7-16-9)12(15)8-17-13-5-3-2-4-11(13)14/h2-7H,8H2,1H3. The number of benzene rings is 1. The molecule has 0 atom stereocenters. The van der Waals surface area contributed by atoms with Gasteiger partial charge in [-0.2, -0.15) is 0 Å². The van der Waals surface area contributed by atoms with E-state index in [9.17, 15) is 9.18 Å². The number of ketones is 1. The molecule has 88 valence electrons. The molecule has 0 radical (unpaired) electrons. The fraction of sp³-hybridized carbons (Fsp3) is 0.154. The van der Waals surface area contributed by atoms with E-state index in [-0.39, 0.29) is 17.4 Å². The molecule has 1 heterocycles. The zero-order valence-corrected chi connectivity index (χ0v) is 10.9. The molecule has 0 bridgehead atoms. The van der Waals surface area contributed by atoms with Gasteiger partial charge in [-0.15, -0.1) is 23.1 Å². The fourth-order valence-electron chi connectivity index (χ4n) is 1.38. The van der Waals surface area contributed by atoms with Crippen LogP contribution in [0, 0.1) is 12.7 Å². The van der Waals surface area contributed by atoms with Crippen molar-refractivity contribution in [3.63, 3.8) is 0 Å². The summed E-state index contributed by atoms with van der Waals surface area (Å²) in [5.41, 5.74) is 0.719. The zero-order chi connectivity index (χ0) is 12.3. The van der Waals surface area contributed by atoms with Crippen LogP contribution in [0.4, 0.5) is 4.39 Å². The van der Waals surface area contributed by atoms with Crippen molar-refractivity contribution < 1.29 is 9.18 Å². The first-order valence-corrected chi connectivity index (χ1v) is 6.99. The molecular weight excluding hydrogens is 255 g/mol. The third kappa shape index (κ3) is 3.17. The quantitative estimate of drug-likeness (QED) is 0.610. The van der Waals surface area contributed by atoms with Crippen LogP contribution >= 0.6 is 23.1 Å². The van der Waals surface area contributed by atoms with Crippen molar-refractivity contribution in [2.24, 2.45) is 0 Å². The van der Waals surface area contributed by atoms with Gasteiger partial charge in [0.1, 0.15) is 5.82 Å². The van der Waals surface area contributed by atoms with E-state index in [1.54, 1.807) is 29.5 Å². The molecular formula is C13H11FOS2. The van der Waals surface area contributed by atoms with Gasteiger partial charge < -0.3 is 0 Å². The summed E-state index contributed by atoms with van der Waals surface area (Å²) in [6, 6.07) is 8.37. The molecule has 0 aliphatic heterocycles. The molecule has 1 aromatic heterocycles. The summed E-state index contributed by atoms with van der Waals surface area (Å²) in [7, 11) is 0. The maximum Gasteiger partial charge on any atom is 0.173 e. The molecule has 0 aliphatic carbocycles. The van der Waals surface area contributed by atoms with E-state index in [4.69, 9.17) is 0 Å². The lowest BCUT2D eigenvalue weighted by molar-refractivity contribution is 0.102. The molecule has 1 aromatic carbocycles. The van der Waals surface area contributed by atoms with Gasteiger partial charge >= 0.3 is 0 Å². The van der Waals surface area contributed by atoms with E-state index >= 15 is 0 Å². The zero-order valence-electron chi connectivity index (χ0n) is 9.27. The van der Waals surface area contributed by atoms with Crippen LogP contribution in [0.3, 0.4) is 0 Å². The number of thiophene rings is 1. The average Bonchev–Trinajstić information content (AvgIpc) is 2.74. The maximum atomic E-state index is 13.3. The van der Waals surface area contributed by atoms with Crippen LogP contribution in [0.5, 0.6) is 0 Å². The molecule has 0 fully saturated rings. The highest BCUT2D eigenvalue weighted by Crippen LogP contribution is 2.23. The first kappa shape index (κ1) is 12.3. The molecule has 0 aliphatic rings. The third-order valence-electron chi connectivity index (χ3n) is 2.25. The Hall–Kier alpha value is -1.13. The molecule has 0 spiro atoms. The first-order valence-electron chi connectivity index (χ1n) is 5.12. The molecule has 0 amide bonds. The topological polar surface area (TPSA) is 17.1 Å². The Morgan fingerprint density at radius 1 is 1.41 bits per heavy atom. The lowest BCUT2D eigenvalue weighted by Crippen LogP contribution is -2.00. The lowest BCUT2D eigenvalue weighted by atomic mass is 10.2. The molecule has 0 N–H and O–H groups in total. The molecule has 17 heavy (non-hydrogen) atoms. The Bertz CT molecular complexity index is 534. The van der Waals surface area contributed by atoms with E-state index in [0.29, 0.717) is 4.90 Å². The van der Waals surface area contributed by atoms with Gasteiger partial charge in [0.2, 0.25) is 0 Å². The van der Waals surface area contributed by atoms with Crippen LogP contribution in [0.2, 0.25) is 0 Å². The smallest absolute Gasteiger partial charge is 0.173 e. The van der Waals surface area contributed by atoms with Crippen molar-refractivity contribution in [2.45, 2.75) is 11.8 Å². The van der Waals surface area contributed by atoms with E-state index in [1.165, 1.54) is 17.8 Å². The average molecular weight is 266 g/mol. The summed E-state index contributed by atoms with van der Waals surface area (Å²) in [5.74, 6) is 0.0475. The first-order chi connectivity index (χ1) is 8.16. The lowest BCUT2D eigenvalue weighted by Gasteiger charge is -2.01. The Labute approximate surface area is 108 Å². The summed E-state index contributed by atoms with van der Waals surface area (Å²) in [6.45, 7) is 1.96. The summed E-state index contributed by atoms with van der Waals surface area (Å²) in [6.07, 6.45) is 0. The number of Topliss-reactive ketones (excluding diaryl/α,β-unsaturated/α-hetero) is 1. The van der Waals surface area contributed by atoms with E-state index in [1.807, 2.05) is 18.4 Å². The van der Waals surface area contributed by atoms with E-state index < -0.39 is 0 Å². The predicted octanol–water partition coefficient (Wildman–Crippen LogP) is 4.17. The van der Waals surface area contributed by atoms with Gasteiger partial charge in [-0.05, 0) is 25.1 Å². The van der Waals surface area contributed by atoms with E-state index in [0.717, 1.165) is 10.4 Å². The highest BCUT2D eigenvalue weighted by Gasteiger charge is 2.09. The van der Waals surface area contributed by atoms with Crippen LogP contribution in [0.25, 0.3) is 0 Å². The van der Waals surface area contributed by atoms with Gasteiger partial charge in [0, 0.05) is 20.7 Å². The normalized spacial score (nSPS) is 10.5. The van der Waals surface area contributed by atoms with Crippen LogP contribution in [-0.4, -0.2) is 11.5 Å². The van der Waals surface area contributed by atoms with Crippen LogP contribution in [0.1, 0.15) is 15.2 Å². The van der Waals surface area contributed by atoms with Crippen molar-refractivity contribution in [1.29, 1.82) is 0 Å². The minimum Gasteiger partial charge on any atom is -0.293 e. The van der Waals surface area contributed by atoms with Crippen LogP contribution in [-0.2, 0) is 0 Å². The van der Waals surface area contributed by atoms with Gasteiger partial charge in [0.15, 0.2) is 5.78 Å². The largest absolute Gasteiger partial charge is 0.293 e. The van der Waals surface area contributed by atoms with Gasteiger partial charge in [0.05, 0.1) is 5.75 Å². The van der Waals surface area contributed by atoms with Crippen LogP contribution < -0.4 is 0 Å². The SMILES string of the molecule is Cc1cc(C(=O)CSc2ccccc2F)cs1. The monoisotopic (exact) mass is 266 g/mol. The Kier molecular flexibility index (Phi) is 3.97. The molecule has 1 nitrogen and oxygen atoms in total. The highest BCUT2D eigenvalue weighted by atomic mass is 32.2. The van der Waals surface area contributed by atoms with Crippen LogP contribution in [0.15, 0.2) is 40.6 Å².